The fraction of sp³-hybridized carbons (Fsp3) is 0.0435. The number of nitrogens with zero attached hydrogens (tertiary/aromatic N) is 2. The second kappa shape index (κ2) is 9.48. The number of carboxylic acids is 1. The number of carboxylic acid groups (broad SMARTS) is 1. The topological polar surface area (TPSA) is 93.9 Å². The monoisotopic (exact) mass is 540 g/mol. The standard InChI is InChI=1S/C23H13Cl2F3N2O4S/c24-17-5-2-11(8-18(17)25)19-10-35-21(29-19)12-1-4-14(16(7-12)22(31)32)15-9-13(23(26,27)28)3-6-20(15)30(33)34/h1-10,33-34H,(H,31,32). The number of anilines is 1. The van der Waals surface area contributed by atoms with Crippen LogP contribution >= 0.6 is 34.5 Å². The summed E-state index contributed by atoms with van der Waals surface area (Å²) < 4.78 is 39.8. The molecule has 3 aromatic carbocycles. The zero-order valence-electron chi connectivity index (χ0n) is 17.2. The van der Waals surface area contributed by atoms with Crippen molar-refractivity contribution in [2.24, 2.45) is 0 Å². The summed E-state index contributed by atoms with van der Waals surface area (Å²) in [5.41, 5.74) is -0.662. The SMILES string of the molecule is O=C(O)c1cc(-c2nc(-c3ccc(Cl)c(Cl)c3)cs2)ccc1-c1cc(C(F)(F)F)ccc1N(O)O. The minimum Gasteiger partial charge on any atom is -0.478 e. The molecule has 12 heteroatoms. The van der Waals surface area contributed by atoms with Crippen LogP contribution in [0.1, 0.15) is 15.9 Å². The van der Waals surface area contributed by atoms with Crippen LogP contribution in [-0.4, -0.2) is 26.5 Å². The third-order valence-electron chi connectivity index (χ3n) is 5.05. The lowest BCUT2D eigenvalue weighted by molar-refractivity contribution is -0.137. The first-order chi connectivity index (χ1) is 16.5. The maximum absolute atomic E-state index is 13.3. The molecule has 0 atom stereocenters. The Hall–Kier alpha value is -3.15. The number of carbonyl (C=O) groups is 1. The van der Waals surface area contributed by atoms with Crippen molar-refractivity contribution >= 4 is 46.2 Å². The van der Waals surface area contributed by atoms with Crippen LogP contribution in [0.2, 0.25) is 10.0 Å². The molecule has 0 aliphatic rings. The number of thiazole rings is 1. The molecule has 0 aliphatic carbocycles. The van der Waals surface area contributed by atoms with Crippen LogP contribution in [0.15, 0.2) is 60.0 Å². The summed E-state index contributed by atoms with van der Waals surface area (Å²) in [6.07, 6.45) is -4.73. The number of rotatable bonds is 5. The lowest BCUT2D eigenvalue weighted by Crippen LogP contribution is -2.14. The molecule has 0 fully saturated rings. The van der Waals surface area contributed by atoms with Crippen molar-refractivity contribution in [2.45, 2.75) is 6.18 Å². The van der Waals surface area contributed by atoms with Gasteiger partial charge >= 0.3 is 12.1 Å². The fourth-order valence-electron chi connectivity index (χ4n) is 3.39. The van der Waals surface area contributed by atoms with Gasteiger partial charge in [0, 0.05) is 22.1 Å². The summed E-state index contributed by atoms with van der Waals surface area (Å²) in [6.45, 7) is 0. The third kappa shape index (κ3) is 5.12. The molecule has 0 aliphatic heterocycles. The van der Waals surface area contributed by atoms with Crippen molar-refractivity contribution in [3.63, 3.8) is 0 Å². The Morgan fingerprint density at radius 2 is 1.63 bits per heavy atom. The molecule has 0 saturated carbocycles. The molecule has 0 bridgehead atoms. The predicted molar refractivity (Wildman–Crippen MR) is 126 cm³/mol. The minimum atomic E-state index is -4.73. The van der Waals surface area contributed by atoms with Crippen molar-refractivity contribution in [1.29, 1.82) is 0 Å². The highest BCUT2D eigenvalue weighted by molar-refractivity contribution is 7.13. The number of hydrogen-bond acceptors (Lipinski definition) is 6. The molecular formula is C23H13Cl2F3N2O4S. The smallest absolute Gasteiger partial charge is 0.416 e. The quantitative estimate of drug-likeness (QED) is 0.224. The molecule has 4 aromatic rings. The van der Waals surface area contributed by atoms with Gasteiger partial charge in [0.15, 0.2) is 0 Å². The zero-order chi connectivity index (χ0) is 25.5. The Bertz CT molecular complexity index is 1440. The van der Waals surface area contributed by atoms with Gasteiger partial charge in [0.2, 0.25) is 0 Å². The molecule has 1 aromatic heterocycles. The van der Waals surface area contributed by atoms with E-state index in [4.69, 9.17) is 23.2 Å². The summed E-state index contributed by atoms with van der Waals surface area (Å²) in [6, 6.07) is 11.2. The molecule has 0 radical (unpaired) electrons. The number of benzene rings is 3. The molecule has 0 spiro atoms. The van der Waals surface area contributed by atoms with Crippen LogP contribution in [0.3, 0.4) is 0 Å². The van der Waals surface area contributed by atoms with Gasteiger partial charge in [-0.15, -0.1) is 16.6 Å². The normalized spacial score (nSPS) is 11.5. The molecule has 35 heavy (non-hydrogen) atoms. The van der Waals surface area contributed by atoms with E-state index < -0.39 is 23.4 Å². The first kappa shape index (κ1) is 25.0. The van der Waals surface area contributed by atoms with Crippen LogP contribution in [0.25, 0.3) is 33.0 Å². The Labute approximate surface area is 210 Å². The second-order valence-electron chi connectivity index (χ2n) is 7.25. The Balaban J connectivity index is 1.81. The van der Waals surface area contributed by atoms with Crippen molar-refractivity contribution in [3.05, 3.63) is 81.1 Å². The second-order valence-corrected chi connectivity index (χ2v) is 8.92. The van der Waals surface area contributed by atoms with E-state index in [1.54, 1.807) is 23.6 Å². The van der Waals surface area contributed by atoms with Crippen molar-refractivity contribution in [3.8, 4) is 33.0 Å². The fourth-order valence-corrected chi connectivity index (χ4v) is 4.51. The minimum absolute atomic E-state index is 0.142. The summed E-state index contributed by atoms with van der Waals surface area (Å²) >= 11 is 13.2. The third-order valence-corrected chi connectivity index (χ3v) is 6.68. The van der Waals surface area contributed by atoms with Gasteiger partial charge in [0.1, 0.15) is 10.7 Å². The molecule has 0 amide bonds. The first-order valence-electron chi connectivity index (χ1n) is 9.64. The Morgan fingerprint density at radius 1 is 0.914 bits per heavy atom. The zero-order valence-corrected chi connectivity index (χ0v) is 19.5. The lowest BCUT2D eigenvalue weighted by Gasteiger charge is -2.18. The van der Waals surface area contributed by atoms with Gasteiger partial charge in [-0.05, 0) is 42.0 Å². The lowest BCUT2D eigenvalue weighted by atomic mass is 9.94. The first-order valence-corrected chi connectivity index (χ1v) is 11.3. The Kier molecular flexibility index (Phi) is 6.76. The van der Waals surface area contributed by atoms with E-state index in [1.165, 1.54) is 29.5 Å². The highest BCUT2D eigenvalue weighted by Crippen LogP contribution is 2.40. The van der Waals surface area contributed by atoms with E-state index >= 15 is 0 Å². The van der Waals surface area contributed by atoms with Crippen LogP contribution in [0.4, 0.5) is 18.9 Å². The average Bonchev–Trinajstić information content (AvgIpc) is 3.29. The van der Waals surface area contributed by atoms with Crippen molar-refractivity contribution in [1.82, 2.24) is 4.98 Å². The summed E-state index contributed by atoms with van der Waals surface area (Å²) in [4.78, 5) is 16.5. The number of hydrogen-bond donors (Lipinski definition) is 3. The van der Waals surface area contributed by atoms with E-state index in [9.17, 15) is 33.5 Å². The van der Waals surface area contributed by atoms with Gasteiger partial charge in [0.25, 0.3) is 0 Å². The highest BCUT2D eigenvalue weighted by Gasteiger charge is 2.32. The highest BCUT2D eigenvalue weighted by atomic mass is 35.5. The van der Waals surface area contributed by atoms with Gasteiger partial charge in [-0.25, -0.2) is 9.78 Å². The van der Waals surface area contributed by atoms with Gasteiger partial charge in [-0.1, -0.05) is 41.4 Å². The van der Waals surface area contributed by atoms with Crippen molar-refractivity contribution in [2.75, 3.05) is 5.23 Å². The maximum Gasteiger partial charge on any atom is 0.416 e. The van der Waals surface area contributed by atoms with E-state index in [2.05, 4.69) is 4.98 Å². The van der Waals surface area contributed by atoms with Crippen LogP contribution in [0.5, 0.6) is 0 Å². The Morgan fingerprint density at radius 3 is 2.26 bits per heavy atom. The van der Waals surface area contributed by atoms with Gasteiger partial charge in [-0.3, -0.25) is 10.4 Å². The van der Waals surface area contributed by atoms with Gasteiger partial charge < -0.3 is 5.11 Å². The summed E-state index contributed by atoms with van der Waals surface area (Å²) in [7, 11) is 0. The molecule has 180 valence electrons. The van der Waals surface area contributed by atoms with E-state index in [-0.39, 0.29) is 21.9 Å². The molecule has 0 saturated heterocycles. The van der Waals surface area contributed by atoms with Gasteiger partial charge in [0.05, 0.1) is 26.9 Å². The van der Waals surface area contributed by atoms with Gasteiger partial charge in [-0.2, -0.15) is 13.2 Å². The molecule has 3 N–H and O–H groups in total. The molecule has 1 heterocycles. The van der Waals surface area contributed by atoms with E-state index in [0.717, 1.165) is 6.07 Å². The summed E-state index contributed by atoms with van der Waals surface area (Å²) in [5, 5.41) is 31.4. The van der Waals surface area contributed by atoms with Crippen LogP contribution < -0.4 is 5.23 Å². The van der Waals surface area contributed by atoms with Crippen molar-refractivity contribution < 1.29 is 33.5 Å². The predicted octanol–water partition coefficient (Wildman–Crippen LogP) is 7.75. The largest absolute Gasteiger partial charge is 0.478 e. The number of halogens is 5. The number of alkyl halides is 3. The molecule has 0 unspecified atom stereocenters. The van der Waals surface area contributed by atoms with E-state index in [0.29, 0.717) is 44.0 Å². The van der Waals surface area contributed by atoms with Crippen LogP contribution in [-0.2, 0) is 6.18 Å². The average molecular weight is 541 g/mol. The summed E-state index contributed by atoms with van der Waals surface area (Å²) in [5.74, 6) is -1.42. The molecular weight excluding hydrogens is 528 g/mol. The van der Waals surface area contributed by atoms with E-state index in [1.807, 2.05) is 0 Å². The number of aromatic nitrogens is 1. The molecule has 6 nitrogen and oxygen atoms in total. The number of aromatic carboxylic acids is 1. The van der Waals surface area contributed by atoms with Crippen LogP contribution in [0, 0.1) is 0 Å². The maximum atomic E-state index is 13.3. The molecule has 4 rings (SSSR count).